The highest BCUT2D eigenvalue weighted by Crippen LogP contribution is 2.21. The molecule has 68 heavy (non-hydrogen) atoms. The van der Waals surface area contributed by atoms with Gasteiger partial charge >= 0.3 is 5.97 Å². The molecule has 0 aromatic rings. The molecule has 382 valence electrons. The molecule has 0 unspecified atom stereocenters. The minimum absolute atomic E-state index is 0.00499. The van der Waals surface area contributed by atoms with E-state index in [1.807, 2.05) is 0 Å². The molecule has 8 amide bonds. The van der Waals surface area contributed by atoms with E-state index in [4.69, 9.17) is 40.1 Å². The molecule has 0 aromatic heterocycles. The van der Waals surface area contributed by atoms with Gasteiger partial charge < -0.3 is 92.0 Å². The Balaban J connectivity index is 2.07. The number of aliphatic carboxylic acids is 1. The molecule has 0 bridgehead atoms. The molecule has 2 rings (SSSR count). The number of nitrogens with one attached hydrogen (secondary N) is 6. The molecule has 2 saturated heterocycles. The third kappa shape index (κ3) is 19.8. The number of guanidine groups is 3. The molecule has 29 nitrogen and oxygen atoms in total. The van der Waals surface area contributed by atoms with E-state index in [9.17, 15) is 53.4 Å². The van der Waals surface area contributed by atoms with Crippen LogP contribution in [-0.2, 0) is 43.2 Å². The molecule has 0 spiro atoms. The zero-order valence-corrected chi connectivity index (χ0v) is 38.5. The van der Waals surface area contributed by atoms with Crippen molar-refractivity contribution in [2.75, 3.05) is 45.8 Å². The van der Waals surface area contributed by atoms with Crippen LogP contribution in [0.25, 0.3) is 0 Å². The van der Waals surface area contributed by atoms with Crippen molar-refractivity contribution in [3.63, 3.8) is 0 Å². The topological polar surface area (TPSA) is 492 Å². The number of carbonyl (C=O) groups is 9. The SMILES string of the molecule is C[C@H](N)C(=O)N1CCC[C@H]1C(=O)N[C@@H](CCCN=C(N)N)C(=O)N[C@H](C(=O)N1CCC[C@H]1C(=O)NCC(=O)NCC(=O)N[C@@H](CCCN=C(N)N)C(=O)N[C@@H](CCCN=C(N)N)C(=O)O)[C@@H](C)O. The van der Waals surface area contributed by atoms with Crippen molar-refractivity contribution >= 4 is 71.1 Å². The van der Waals surface area contributed by atoms with E-state index in [-0.39, 0.29) is 89.0 Å². The van der Waals surface area contributed by atoms with Crippen LogP contribution in [0.4, 0.5) is 0 Å². The largest absolute Gasteiger partial charge is 0.480 e. The summed E-state index contributed by atoms with van der Waals surface area (Å²) in [5.74, 6) is -7.89. The third-order valence-electron chi connectivity index (χ3n) is 10.7. The molecule has 2 heterocycles. The summed E-state index contributed by atoms with van der Waals surface area (Å²) in [7, 11) is 0. The number of carboxylic acids is 1. The lowest BCUT2D eigenvalue weighted by atomic mass is 10.1. The van der Waals surface area contributed by atoms with Crippen LogP contribution in [0.15, 0.2) is 15.0 Å². The van der Waals surface area contributed by atoms with E-state index < -0.39 is 115 Å². The minimum atomic E-state index is -1.58. The van der Waals surface area contributed by atoms with Gasteiger partial charge in [0.1, 0.15) is 36.3 Å². The van der Waals surface area contributed by atoms with Gasteiger partial charge in [-0.3, -0.25) is 53.3 Å². The smallest absolute Gasteiger partial charge is 0.326 e. The molecule has 0 saturated carbocycles. The van der Waals surface area contributed by atoms with E-state index in [0.29, 0.717) is 25.8 Å². The number of hydrogen-bond donors (Lipinski definition) is 15. The van der Waals surface area contributed by atoms with Crippen LogP contribution in [0.5, 0.6) is 0 Å². The first kappa shape index (κ1) is 57.1. The number of hydrogen-bond acceptors (Lipinski definition) is 14. The van der Waals surface area contributed by atoms with Gasteiger partial charge in [-0.25, -0.2) is 4.79 Å². The Kier molecular flexibility index (Phi) is 24.2. The molecule has 0 aromatic carbocycles. The van der Waals surface area contributed by atoms with Gasteiger partial charge in [-0.1, -0.05) is 0 Å². The molecular formula is C39H70N18O11. The van der Waals surface area contributed by atoms with Crippen LogP contribution in [-0.4, -0.2) is 185 Å². The van der Waals surface area contributed by atoms with Crippen molar-refractivity contribution in [3.05, 3.63) is 0 Å². The van der Waals surface area contributed by atoms with Crippen molar-refractivity contribution in [2.24, 2.45) is 55.1 Å². The maximum atomic E-state index is 13.9. The first-order chi connectivity index (χ1) is 32.0. The Morgan fingerprint density at radius 2 is 1.03 bits per heavy atom. The van der Waals surface area contributed by atoms with E-state index in [2.05, 4.69) is 46.9 Å². The van der Waals surface area contributed by atoms with Gasteiger partial charge in [0.2, 0.25) is 47.3 Å². The highest BCUT2D eigenvalue weighted by molar-refractivity contribution is 5.97. The molecule has 29 heteroatoms. The van der Waals surface area contributed by atoms with Crippen molar-refractivity contribution in [3.8, 4) is 0 Å². The fourth-order valence-electron chi connectivity index (χ4n) is 7.31. The van der Waals surface area contributed by atoms with Crippen LogP contribution in [0, 0.1) is 0 Å². The highest BCUT2D eigenvalue weighted by Gasteiger charge is 2.41. The number of carboxylic acid groups (broad SMARTS) is 1. The monoisotopic (exact) mass is 967 g/mol. The number of aliphatic hydroxyl groups is 1. The second kappa shape index (κ2) is 28.9. The van der Waals surface area contributed by atoms with Crippen LogP contribution >= 0.6 is 0 Å². The van der Waals surface area contributed by atoms with E-state index >= 15 is 0 Å². The molecule has 2 aliphatic heterocycles. The van der Waals surface area contributed by atoms with Gasteiger partial charge in [0.05, 0.1) is 25.2 Å². The molecule has 2 aliphatic rings. The molecule has 2 fully saturated rings. The first-order valence-electron chi connectivity index (χ1n) is 22.2. The fraction of sp³-hybridized carbons (Fsp3) is 0.692. The number of amides is 8. The van der Waals surface area contributed by atoms with Gasteiger partial charge in [-0.05, 0) is 78.1 Å². The number of aliphatic hydroxyl groups excluding tert-OH is 1. The van der Waals surface area contributed by atoms with E-state index in [1.54, 1.807) is 0 Å². The van der Waals surface area contributed by atoms with Gasteiger partial charge in [-0.15, -0.1) is 0 Å². The van der Waals surface area contributed by atoms with Crippen LogP contribution in [0.1, 0.15) is 78.1 Å². The maximum Gasteiger partial charge on any atom is 0.326 e. The minimum Gasteiger partial charge on any atom is -0.480 e. The van der Waals surface area contributed by atoms with Crippen molar-refractivity contribution in [1.82, 2.24) is 41.7 Å². The Bertz CT molecular complexity index is 1870. The Morgan fingerprint density at radius 3 is 1.50 bits per heavy atom. The molecule has 0 radical (unpaired) electrons. The van der Waals surface area contributed by atoms with Gasteiger partial charge in [0.25, 0.3) is 0 Å². The summed E-state index contributed by atoms with van der Waals surface area (Å²) in [5.41, 5.74) is 37.9. The number of rotatable bonds is 28. The second-order valence-corrected chi connectivity index (χ2v) is 16.3. The number of likely N-dealkylation sites (tertiary alicyclic amines) is 2. The average molecular weight is 967 g/mol. The third-order valence-corrected chi connectivity index (χ3v) is 10.7. The number of nitrogens with two attached hydrogens (primary N) is 7. The molecule has 22 N–H and O–H groups in total. The predicted octanol–water partition coefficient (Wildman–Crippen LogP) is -7.89. The summed E-state index contributed by atoms with van der Waals surface area (Å²) in [4.78, 5) is 132. The normalized spacial score (nSPS) is 17.9. The lowest BCUT2D eigenvalue weighted by Crippen LogP contribution is -2.60. The Morgan fingerprint density at radius 1 is 0.588 bits per heavy atom. The van der Waals surface area contributed by atoms with Crippen LogP contribution in [0.3, 0.4) is 0 Å². The maximum absolute atomic E-state index is 13.9. The molecule has 0 aliphatic carbocycles. The standard InChI is InChI=1S/C39H70N18O11/c1-20(40)34(65)56-16-7-12-26(56)33(64)53-23(9-4-14-48-38(43)44)31(62)55-29(21(2)58)35(66)57-17-6-11-25(57)32(63)51-18-27(59)50-19-28(60)52-22(8-3-13-47-37(41)42)30(61)54-24(36(67)68)10-5-15-49-39(45)46/h20-26,29,58H,3-19,40H2,1-2H3,(H,50,59)(H,51,63)(H,52,60)(H,53,64)(H,54,61)(H,55,62)(H,67,68)(H4,41,42,47)(H4,43,44,48)(H4,45,46,49)/t20-,21+,22-,23-,24-,25-,26-,29-/m0/s1. The fourth-order valence-corrected chi connectivity index (χ4v) is 7.31. The van der Waals surface area contributed by atoms with Gasteiger partial charge in [-0.2, -0.15) is 0 Å². The number of aliphatic imine (C=N–C) groups is 3. The Labute approximate surface area is 393 Å². The molecular weight excluding hydrogens is 897 g/mol. The number of carbonyl (C=O) groups excluding carboxylic acids is 8. The number of nitrogens with zero attached hydrogens (tertiary/aromatic N) is 5. The van der Waals surface area contributed by atoms with Crippen molar-refractivity contribution < 1.29 is 53.4 Å². The first-order valence-corrected chi connectivity index (χ1v) is 22.2. The van der Waals surface area contributed by atoms with Crippen LogP contribution < -0.4 is 72.0 Å². The van der Waals surface area contributed by atoms with Crippen molar-refractivity contribution in [2.45, 2.75) is 126 Å². The average Bonchev–Trinajstić information content (AvgIpc) is 3.97. The zero-order chi connectivity index (χ0) is 51.1. The lowest BCUT2D eigenvalue weighted by Gasteiger charge is -2.31. The second-order valence-electron chi connectivity index (χ2n) is 16.3. The quantitative estimate of drug-likeness (QED) is 0.0197. The zero-order valence-electron chi connectivity index (χ0n) is 38.5. The summed E-state index contributed by atoms with van der Waals surface area (Å²) in [5, 5.41) is 35.1. The van der Waals surface area contributed by atoms with Crippen molar-refractivity contribution in [1.29, 1.82) is 0 Å². The Hall–Kier alpha value is -7.04. The predicted molar refractivity (Wildman–Crippen MR) is 246 cm³/mol. The summed E-state index contributed by atoms with van der Waals surface area (Å²) in [6.45, 7) is 2.09. The van der Waals surface area contributed by atoms with E-state index in [0.717, 1.165) is 4.90 Å². The summed E-state index contributed by atoms with van der Waals surface area (Å²) < 4.78 is 0. The highest BCUT2D eigenvalue weighted by atomic mass is 16.4. The van der Waals surface area contributed by atoms with E-state index in [1.165, 1.54) is 18.7 Å². The lowest BCUT2D eigenvalue weighted by molar-refractivity contribution is -0.144. The van der Waals surface area contributed by atoms with Gasteiger partial charge in [0.15, 0.2) is 17.9 Å². The summed E-state index contributed by atoms with van der Waals surface area (Å²) >= 11 is 0. The van der Waals surface area contributed by atoms with Gasteiger partial charge in [0, 0.05) is 32.7 Å². The van der Waals surface area contributed by atoms with Crippen LogP contribution in [0.2, 0.25) is 0 Å². The molecule has 8 atom stereocenters. The summed E-state index contributed by atoms with van der Waals surface area (Å²) in [6.07, 6.45) is 0.436. The summed E-state index contributed by atoms with van der Waals surface area (Å²) in [6, 6.07) is -8.35.